The number of hydrogen-bond acceptors (Lipinski definition) is 2. The van der Waals surface area contributed by atoms with Gasteiger partial charge in [-0.2, -0.15) is 5.10 Å². The molecular weight excluding hydrogens is 262 g/mol. The molecule has 2 aromatic heterocycles. The average Bonchev–Trinajstić information content (AvgIpc) is 3.06. The quantitative estimate of drug-likeness (QED) is 0.805. The van der Waals surface area contributed by atoms with Crippen LogP contribution in [-0.2, 0) is 13.0 Å². The number of carbonyl (C=O) groups is 1. The molecule has 2 heterocycles. The minimum absolute atomic E-state index is 0.298. The lowest BCUT2D eigenvalue weighted by atomic mass is 10.1. The van der Waals surface area contributed by atoms with Gasteiger partial charge in [0.2, 0.25) is 0 Å². The summed E-state index contributed by atoms with van der Waals surface area (Å²) in [7, 11) is 0. The van der Waals surface area contributed by atoms with Crippen LogP contribution in [0.1, 0.15) is 67.2 Å². The first-order valence-corrected chi connectivity index (χ1v) is 7.93. The second-order valence-electron chi connectivity index (χ2n) is 6.04. The SMILES string of the molecule is CCC(C)n1ccc(Cn2cc3c(c2)C(=O)CCCC3)n1. The van der Waals surface area contributed by atoms with E-state index in [0.717, 1.165) is 43.5 Å². The van der Waals surface area contributed by atoms with Gasteiger partial charge in [-0.15, -0.1) is 0 Å². The molecule has 0 fully saturated rings. The highest BCUT2D eigenvalue weighted by Crippen LogP contribution is 2.22. The van der Waals surface area contributed by atoms with E-state index in [2.05, 4.69) is 35.8 Å². The highest BCUT2D eigenvalue weighted by Gasteiger charge is 2.18. The van der Waals surface area contributed by atoms with Crippen LogP contribution in [0.5, 0.6) is 0 Å². The van der Waals surface area contributed by atoms with Gasteiger partial charge in [-0.05, 0) is 44.2 Å². The first-order valence-electron chi connectivity index (χ1n) is 7.93. The molecule has 112 valence electrons. The summed E-state index contributed by atoms with van der Waals surface area (Å²) in [5.41, 5.74) is 3.18. The fourth-order valence-corrected chi connectivity index (χ4v) is 2.91. The van der Waals surface area contributed by atoms with E-state index in [1.54, 1.807) is 0 Å². The van der Waals surface area contributed by atoms with Crippen molar-refractivity contribution in [3.63, 3.8) is 0 Å². The summed E-state index contributed by atoms with van der Waals surface area (Å²) in [6.45, 7) is 5.08. The number of ketones is 1. The van der Waals surface area contributed by atoms with Gasteiger partial charge in [-0.3, -0.25) is 9.48 Å². The lowest BCUT2D eigenvalue weighted by Crippen LogP contribution is -2.06. The molecule has 4 nitrogen and oxygen atoms in total. The van der Waals surface area contributed by atoms with Crippen molar-refractivity contribution in [2.75, 3.05) is 0 Å². The predicted octanol–water partition coefficient (Wildman–Crippen LogP) is 3.61. The number of Topliss-reactive ketones (excluding diaryl/α,β-unsaturated/α-hetero) is 1. The molecule has 1 aliphatic rings. The Morgan fingerprint density at radius 3 is 2.90 bits per heavy atom. The van der Waals surface area contributed by atoms with Crippen LogP contribution in [-0.4, -0.2) is 20.1 Å². The zero-order chi connectivity index (χ0) is 14.8. The fourth-order valence-electron chi connectivity index (χ4n) is 2.91. The molecule has 3 rings (SSSR count). The van der Waals surface area contributed by atoms with Crippen LogP contribution < -0.4 is 0 Å². The highest BCUT2D eigenvalue weighted by molar-refractivity contribution is 5.97. The number of fused-ring (bicyclic) bond motifs is 1. The molecule has 1 unspecified atom stereocenters. The summed E-state index contributed by atoms with van der Waals surface area (Å²) in [5, 5.41) is 4.63. The average molecular weight is 285 g/mol. The molecule has 0 saturated carbocycles. The molecule has 0 N–H and O–H groups in total. The maximum atomic E-state index is 12.1. The fraction of sp³-hybridized carbons (Fsp3) is 0.529. The van der Waals surface area contributed by atoms with Gasteiger partial charge in [-0.25, -0.2) is 0 Å². The van der Waals surface area contributed by atoms with Gasteiger partial charge in [0.05, 0.1) is 12.2 Å². The van der Waals surface area contributed by atoms with Crippen molar-refractivity contribution in [2.24, 2.45) is 0 Å². The molecule has 0 bridgehead atoms. The molecule has 0 aromatic carbocycles. The topological polar surface area (TPSA) is 39.8 Å². The summed E-state index contributed by atoms with van der Waals surface area (Å²) in [6, 6.07) is 2.50. The number of carbonyl (C=O) groups excluding carboxylic acids is 1. The molecule has 0 spiro atoms. The van der Waals surface area contributed by atoms with Gasteiger partial charge in [0, 0.05) is 36.6 Å². The van der Waals surface area contributed by atoms with Crippen molar-refractivity contribution in [3.05, 3.63) is 41.5 Å². The zero-order valence-electron chi connectivity index (χ0n) is 12.9. The second kappa shape index (κ2) is 5.88. The molecule has 1 atom stereocenters. The van der Waals surface area contributed by atoms with Gasteiger partial charge in [-0.1, -0.05) is 6.92 Å². The number of hydrogen-bond donors (Lipinski definition) is 0. The number of aryl methyl sites for hydroxylation is 1. The van der Waals surface area contributed by atoms with Gasteiger partial charge < -0.3 is 4.57 Å². The van der Waals surface area contributed by atoms with Crippen LogP contribution in [0.3, 0.4) is 0 Å². The molecule has 0 amide bonds. The Bertz CT molecular complexity index is 638. The summed E-state index contributed by atoms with van der Waals surface area (Å²) in [6.07, 6.45) is 11.1. The molecule has 2 aromatic rings. The van der Waals surface area contributed by atoms with E-state index in [1.807, 2.05) is 17.1 Å². The Hall–Kier alpha value is -1.84. The van der Waals surface area contributed by atoms with Crippen molar-refractivity contribution in [1.29, 1.82) is 0 Å². The largest absolute Gasteiger partial charge is 0.347 e. The minimum atomic E-state index is 0.298. The highest BCUT2D eigenvalue weighted by atomic mass is 16.1. The number of aromatic nitrogens is 3. The Labute approximate surface area is 125 Å². The summed E-state index contributed by atoms with van der Waals surface area (Å²) in [4.78, 5) is 12.1. The van der Waals surface area contributed by atoms with Gasteiger partial charge in [0.15, 0.2) is 5.78 Å². The monoisotopic (exact) mass is 285 g/mol. The molecule has 0 saturated heterocycles. The third-order valence-corrected chi connectivity index (χ3v) is 4.41. The third kappa shape index (κ3) is 2.94. The normalized spacial score (nSPS) is 16.6. The number of nitrogens with zero attached hydrogens (tertiary/aromatic N) is 3. The number of rotatable bonds is 4. The van der Waals surface area contributed by atoms with Crippen LogP contribution in [0, 0.1) is 0 Å². The third-order valence-electron chi connectivity index (χ3n) is 4.41. The summed E-state index contributed by atoms with van der Waals surface area (Å²) in [5.74, 6) is 0.298. The van der Waals surface area contributed by atoms with E-state index in [-0.39, 0.29) is 0 Å². The van der Waals surface area contributed by atoms with Gasteiger partial charge >= 0.3 is 0 Å². The Morgan fingerprint density at radius 2 is 2.10 bits per heavy atom. The van der Waals surface area contributed by atoms with Crippen LogP contribution in [0.2, 0.25) is 0 Å². The van der Waals surface area contributed by atoms with E-state index in [1.165, 1.54) is 5.56 Å². The Balaban J connectivity index is 1.78. The van der Waals surface area contributed by atoms with Crippen molar-refractivity contribution in [3.8, 4) is 0 Å². The summed E-state index contributed by atoms with van der Waals surface area (Å²) < 4.78 is 4.13. The molecule has 4 heteroatoms. The van der Waals surface area contributed by atoms with E-state index in [4.69, 9.17) is 0 Å². The van der Waals surface area contributed by atoms with E-state index in [0.29, 0.717) is 18.2 Å². The molecule has 1 aliphatic carbocycles. The standard InChI is InChI=1S/C17H23N3O/c1-3-13(2)20-9-8-15(18-20)11-19-10-14-6-4-5-7-17(21)16(14)12-19/h8-10,12-13H,3-7,11H2,1-2H3. The molecular formula is C17H23N3O. The maximum absolute atomic E-state index is 12.1. The van der Waals surface area contributed by atoms with Crippen LogP contribution in [0.25, 0.3) is 0 Å². The first-order chi connectivity index (χ1) is 10.2. The van der Waals surface area contributed by atoms with Crippen molar-refractivity contribution in [1.82, 2.24) is 14.3 Å². The van der Waals surface area contributed by atoms with Crippen molar-refractivity contribution >= 4 is 5.78 Å². The summed E-state index contributed by atoms with van der Waals surface area (Å²) >= 11 is 0. The van der Waals surface area contributed by atoms with Crippen LogP contribution in [0.15, 0.2) is 24.7 Å². The smallest absolute Gasteiger partial charge is 0.164 e. The van der Waals surface area contributed by atoms with E-state index in [9.17, 15) is 4.79 Å². The van der Waals surface area contributed by atoms with Crippen LogP contribution in [0.4, 0.5) is 0 Å². The van der Waals surface area contributed by atoms with E-state index < -0.39 is 0 Å². The molecule has 0 radical (unpaired) electrons. The molecule has 21 heavy (non-hydrogen) atoms. The Morgan fingerprint density at radius 1 is 1.29 bits per heavy atom. The maximum Gasteiger partial charge on any atom is 0.164 e. The lowest BCUT2D eigenvalue weighted by molar-refractivity contribution is 0.0982. The van der Waals surface area contributed by atoms with Crippen molar-refractivity contribution < 1.29 is 4.79 Å². The molecule has 0 aliphatic heterocycles. The van der Waals surface area contributed by atoms with Crippen LogP contribution >= 0.6 is 0 Å². The van der Waals surface area contributed by atoms with Gasteiger partial charge in [0.1, 0.15) is 0 Å². The van der Waals surface area contributed by atoms with Crippen molar-refractivity contribution in [2.45, 2.75) is 58.5 Å². The van der Waals surface area contributed by atoms with Gasteiger partial charge in [0.25, 0.3) is 0 Å². The zero-order valence-corrected chi connectivity index (χ0v) is 12.9. The van der Waals surface area contributed by atoms with E-state index >= 15 is 0 Å². The predicted molar refractivity (Wildman–Crippen MR) is 82.6 cm³/mol. The first kappa shape index (κ1) is 14.1. The minimum Gasteiger partial charge on any atom is -0.347 e. The lowest BCUT2D eigenvalue weighted by Gasteiger charge is -2.08. The second-order valence-corrected chi connectivity index (χ2v) is 6.04. The Kier molecular flexibility index (Phi) is 3.95.